The van der Waals surface area contributed by atoms with Gasteiger partial charge < -0.3 is 5.32 Å². The van der Waals surface area contributed by atoms with Gasteiger partial charge >= 0.3 is 0 Å². The second kappa shape index (κ2) is 12.1. The molecule has 1 amide bonds. The Morgan fingerprint density at radius 3 is 2.00 bits per heavy atom. The molecule has 0 radical (unpaired) electrons. The maximum Gasteiger partial charge on any atom is 0.243 e. The maximum absolute atomic E-state index is 13.7. The topological polar surface area (TPSA) is 66.5 Å². The number of amides is 1. The van der Waals surface area contributed by atoms with Crippen molar-refractivity contribution in [3.63, 3.8) is 0 Å². The molecule has 5 nitrogen and oxygen atoms in total. The van der Waals surface area contributed by atoms with Gasteiger partial charge in [-0.3, -0.25) is 4.79 Å². The van der Waals surface area contributed by atoms with E-state index >= 15 is 0 Å². The van der Waals surface area contributed by atoms with Gasteiger partial charge in [0.25, 0.3) is 0 Å². The predicted molar refractivity (Wildman–Crippen MR) is 148 cm³/mol. The molecule has 1 fully saturated rings. The first-order chi connectivity index (χ1) is 17.8. The lowest BCUT2D eigenvalue weighted by Gasteiger charge is -2.35. The van der Waals surface area contributed by atoms with Crippen LogP contribution in [-0.4, -0.2) is 25.2 Å². The Morgan fingerprint density at radius 2 is 1.41 bits per heavy atom. The quantitative estimate of drug-likeness (QED) is 0.355. The summed E-state index contributed by atoms with van der Waals surface area (Å²) in [6.45, 7) is 6.48. The van der Waals surface area contributed by atoms with Crippen molar-refractivity contribution >= 4 is 15.9 Å². The second-order valence-electron chi connectivity index (χ2n) is 10.3. The number of nitrogens with zero attached hydrogens (tertiary/aromatic N) is 1. The molecule has 0 saturated heterocycles. The van der Waals surface area contributed by atoms with Crippen LogP contribution in [0.25, 0.3) is 0 Å². The van der Waals surface area contributed by atoms with E-state index in [0.717, 1.165) is 36.8 Å². The third kappa shape index (κ3) is 6.68. The lowest BCUT2D eigenvalue weighted by Crippen LogP contribution is -2.40. The van der Waals surface area contributed by atoms with Crippen molar-refractivity contribution < 1.29 is 13.2 Å². The zero-order chi connectivity index (χ0) is 26.4. The van der Waals surface area contributed by atoms with Crippen LogP contribution in [0, 0.1) is 18.8 Å². The number of hydrogen-bond donors (Lipinski definition) is 1. The summed E-state index contributed by atoms with van der Waals surface area (Å²) in [6, 6.07) is 26.4. The van der Waals surface area contributed by atoms with Crippen molar-refractivity contribution in [1.82, 2.24) is 9.62 Å². The highest BCUT2D eigenvalue weighted by atomic mass is 32.2. The van der Waals surface area contributed by atoms with Crippen LogP contribution in [-0.2, 0) is 14.8 Å². The largest absolute Gasteiger partial charge is 0.349 e. The van der Waals surface area contributed by atoms with Gasteiger partial charge in [-0.2, -0.15) is 4.31 Å². The number of rotatable bonds is 9. The summed E-state index contributed by atoms with van der Waals surface area (Å²) in [6.07, 6.45) is 3.21. The maximum atomic E-state index is 13.7. The van der Waals surface area contributed by atoms with Crippen LogP contribution in [0.5, 0.6) is 0 Å². The van der Waals surface area contributed by atoms with E-state index in [0.29, 0.717) is 11.4 Å². The minimum atomic E-state index is -3.67. The molecule has 1 N–H and O–H groups in total. The average molecular weight is 519 g/mol. The van der Waals surface area contributed by atoms with Crippen LogP contribution >= 0.6 is 0 Å². The average Bonchev–Trinajstić information content (AvgIpc) is 2.93. The first-order valence-corrected chi connectivity index (χ1v) is 14.7. The molecule has 2 atom stereocenters. The summed E-state index contributed by atoms with van der Waals surface area (Å²) >= 11 is 0. The Bertz CT molecular complexity index is 1250. The highest BCUT2D eigenvalue weighted by molar-refractivity contribution is 7.89. The first kappa shape index (κ1) is 27.1. The summed E-state index contributed by atoms with van der Waals surface area (Å²) in [5, 5.41) is 3.18. The van der Waals surface area contributed by atoms with E-state index in [-0.39, 0.29) is 29.8 Å². The van der Waals surface area contributed by atoms with Gasteiger partial charge in [-0.1, -0.05) is 78.4 Å². The molecule has 3 aromatic rings. The van der Waals surface area contributed by atoms with E-state index < -0.39 is 10.0 Å². The van der Waals surface area contributed by atoms with Crippen LogP contribution in [0.2, 0.25) is 0 Å². The predicted octanol–water partition coefficient (Wildman–Crippen LogP) is 6.43. The SMILES string of the molecule is Cc1ccc([C@H](C)NC(=O)C2CCC(CN([C@H](C)c3ccccc3)S(=O)(=O)c3ccccc3)CC2)cc1. The van der Waals surface area contributed by atoms with Crippen LogP contribution in [0.4, 0.5) is 0 Å². The van der Waals surface area contributed by atoms with E-state index in [1.807, 2.05) is 50.2 Å². The van der Waals surface area contributed by atoms with Crippen molar-refractivity contribution in [3.05, 3.63) is 102 Å². The summed E-state index contributed by atoms with van der Waals surface area (Å²) in [5.41, 5.74) is 3.27. The fourth-order valence-corrected chi connectivity index (χ4v) is 6.94. The number of hydrogen-bond acceptors (Lipinski definition) is 3. The van der Waals surface area contributed by atoms with Gasteiger partial charge in [0.1, 0.15) is 0 Å². The van der Waals surface area contributed by atoms with Gasteiger partial charge in [0.15, 0.2) is 0 Å². The third-order valence-corrected chi connectivity index (χ3v) is 9.61. The van der Waals surface area contributed by atoms with Gasteiger partial charge in [-0.05, 0) is 75.6 Å². The van der Waals surface area contributed by atoms with Crippen LogP contribution < -0.4 is 5.32 Å². The molecule has 0 unspecified atom stereocenters. The molecule has 0 spiro atoms. The molecule has 0 heterocycles. The molecule has 4 rings (SSSR count). The van der Waals surface area contributed by atoms with Gasteiger partial charge in [-0.25, -0.2) is 8.42 Å². The molecule has 1 aliphatic carbocycles. The fourth-order valence-electron chi connectivity index (χ4n) is 5.22. The van der Waals surface area contributed by atoms with Crippen LogP contribution in [0.1, 0.15) is 68.3 Å². The van der Waals surface area contributed by atoms with E-state index in [2.05, 4.69) is 36.5 Å². The van der Waals surface area contributed by atoms with Crippen LogP contribution in [0.15, 0.2) is 89.8 Å². The summed E-state index contributed by atoms with van der Waals surface area (Å²) in [7, 11) is -3.67. The van der Waals surface area contributed by atoms with Crippen LogP contribution in [0.3, 0.4) is 0 Å². The molecule has 0 aliphatic heterocycles. The molecule has 0 aromatic heterocycles. The number of aryl methyl sites for hydroxylation is 1. The number of nitrogens with one attached hydrogen (secondary N) is 1. The molecule has 3 aromatic carbocycles. The number of carbonyl (C=O) groups excluding carboxylic acids is 1. The van der Waals surface area contributed by atoms with Crippen molar-refractivity contribution in [2.45, 2.75) is 63.4 Å². The van der Waals surface area contributed by atoms with Crippen molar-refractivity contribution in [3.8, 4) is 0 Å². The Balaban J connectivity index is 1.42. The summed E-state index contributed by atoms with van der Waals surface area (Å²) < 4.78 is 29.1. The Labute approximate surface area is 222 Å². The van der Waals surface area contributed by atoms with Crippen molar-refractivity contribution in [2.75, 3.05) is 6.54 Å². The minimum Gasteiger partial charge on any atom is -0.349 e. The smallest absolute Gasteiger partial charge is 0.243 e. The zero-order valence-corrected chi connectivity index (χ0v) is 22.8. The molecule has 196 valence electrons. The van der Waals surface area contributed by atoms with Crippen molar-refractivity contribution in [2.24, 2.45) is 11.8 Å². The second-order valence-corrected chi connectivity index (χ2v) is 12.2. The summed E-state index contributed by atoms with van der Waals surface area (Å²) in [4.78, 5) is 13.3. The monoisotopic (exact) mass is 518 g/mol. The molecule has 37 heavy (non-hydrogen) atoms. The third-order valence-electron chi connectivity index (χ3n) is 7.66. The van der Waals surface area contributed by atoms with Crippen molar-refractivity contribution in [1.29, 1.82) is 0 Å². The summed E-state index contributed by atoms with van der Waals surface area (Å²) in [5.74, 6) is 0.274. The standard InChI is InChI=1S/C31H38N2O3S/c1-23-14-18-27(19-15-23)24(2)32-31(34)29-20-16-26(17-21-29)22-33(25(3)28-10-6-4-7-11-28)37(35,36)30-12-8-5-9-13-30/h4-15,18-19,24-26,29H,16-17,20-22H2,1-3H3,(H,32,34)/t24-,25+,26?,29?/m0/s1. The lowest BCUT2D eigenvalue weighted by molar-refractivity contribution is -0.126. The van der Waals surface area contributed by atoms with Gasteiger partial charge in [0.05, 0.1) is 10.9 Å². The van der Waals surface area contributed by atoms with Gasteiger partial charge in [0, 0.05) is 18.5 Å². The minimum absolute atomic E-state index is 0.0325. The Morgan fingerprint density at radius 1 is 0.838 bits per heavy atom. The molecular formula is C31H38N2O3S. The van der Waals surface area contributed by atoms with E-state index in [1.54, 1.807) is 28.6 Å². The fraction of sp³-hybridized carbons (Fsp3) is 0.387. The number of benzene rings is 3. The Hall–Kier alpha value is -2.96. The molecule has 6 heteroatoms. The highest BCUT2D eigenvalue weighted by Crippen LogP contribution is 2.34. The number of carbonyl (C=O) groups is 1. The lowest BCUT2D eigenvalue weighted by atomic mass is 9.81. The molecule has 1 aliphatic rings. The van der Waals surface area contributed by atoms with E-state index in [9.17, 15) is 13.2 Å². The number of sulfonamides is 1. The van der Waals surface area contributed by atoms with E-state index in [1.165, 1.54) is 5.56 Å². The first-order valence-electron chi connectivity index (χ1n) is 13.2. The highest BCUT2D eigenvalue weighted by Gasteiger charge is 2.34. The molecule has 1 saturated carbocycles. The van der Waals surface area contributed by atoms with E-state index in [4.69, 9.17) is 0 Å². The molecule has 0 bridgehead atoms. The van der Waals surface area contributed by atoms with Gasteiger partial charge in [0.2, 0.25) is 15.9 Å². The van der Waals surface area contributed by atoms with Gasteiger partial charge in [-0.15, -0.1) is 0 Å². The molecular weight excluding hydrogens is 480 g/mol. The normalized spacial score (nSPS) is 19.8. The zero-order valence-electron chi connectivity index (χ0n) is 22.0. The Kier molecular flexibility index (Phi) is 8.83.